The van der Waals surface area contributed by atoms with Crippen LogP contribution in [0.3, 0.4) is 0 Å². The lowest BCUT2D eigenvalue weighted by molar-refractivity contribution is 0.102. The van der Waals surface area contributed by atoms with Crippen LogP contribution in [0.5, 0.6) is 23.0 Å². The molecule has 35 heavy (non-hydrogen) atoms. The summed E-state index contributed by atoms with van der Waals surface area (Å²) >= 11 is 0. The van der Waals surface area contributed by atoms with Crippen LogP contribution in [-0.4, -0.2) is 46.8 Å². The van der Waals surface area contributed by atoms with E-state index in [1.165, 1.54) is 0 Å². The van der Waals surface area contributed by atoms with Gasteiger partial charge in [-0.1, -0.05) is 0 Å². The molecule has 0 saturated heterocycles. The second-order valence-electron chi connectivity index (χ2n) is 7.67. The number of ether oxygens (including phenoxy) is 4. The van der Waals surface area contributed by atoms with E-state index in [9.17, 15) is 9.00 Å². The maximum absolute atomic E-state index is 13.5. The summed E-state index contributed by atoms with van der Waals surface area (Å²) in [6, 6.07) is 10.6. The zero-order chi connectivity index (χ0) is 24.9. The van der Waals surface area contributed by atoms with E-state index in [2.05, 4.69) is 10.4 Å². The van der Waals surface area contributed by atoms with Crippen molar-refractivity contribution in [2.24, 2.45) is 0 Å². The Balaban J connectivity index is 1.73. The molecule has 0 spiro atoms. The Kier molecular flexibility index (Phi) is 7.60. The van der Waals surface area contributed by atoms with Crippen molar-refractivity contribution in [1.29, 1.82) is 0 Å². The van der Waals surface area contributed by atoms with Crippen LogP contribution in [0.1, 0.15) is 42.4 Å². The van der Waals surface area contributed by atoms with Gasteiger partial charge in [-0.2, -0.15) is 5.10 Å². The minimum atomic E-state index is -1.05. The van der Waals surface area contributed by atoms with Crippen molar-refractivity contribution >= 4 is 22.5 Å². The van der Waals surface area contributed by atoms with Crippen molar-refractivity contribution in [2.75, 3.05) is 32.2 Å². The fourth-order valence-electron chi connectivity index (χ4n) is 3.87. The molecule has 0 unspecified atom stereocenters. The second kappa shape index (κ2) is 10.8. The number of benzene rings is 2. The number of aromatic nitrogens is 2. The molecular weight excluding hydrogens is 470 g/mol. The SMILES string of the molecule is CCOc1cc(C(=O)Nc2c3c(nn2-c2ccc(OC)cc2)C[S@@](=O)C3)cc(OCC)c1OCC. The summed E-state index contributed by atoms with van der Waals surface area (Å²) in [5, 5.41) is 7.63. The molecule has 10 heteroatoms. The van der Waals surface area contributed by atoms with Gasteiger partial charge in [-0.25, -0.2) is 4.68 Å². The van der Waals surface area contributed by atoms with Gasteiger partial charge in [0.1, 0.15) is 11.6 Å². The number of hydrogen-bond donors (Lipinski definition) is 1. The molecule has 9 nitrogen and oxygen atoms in total. The van der Waals surface area contributed by atoms with Crippen molar-refractivity contribution < 1.29 is 28.0 Å². The van der Waals surface area contributed by atoms with Gasteiger partial charge in [-0.3, -0.25) is 9.00 Å². The van der Waals surface area contributed by atoms with E-state index in [1.807, 2.05) is 45.0 Å². The lowest BCUT2D eigenvalue weighted by atomic mass is 10.1. The highest BCUT2D eigenvalue weighted by Gasteiger charge is 2.29. The van der Waals surface area contributed by atoms with Crippen molar-refractivity contribution in [3.8, 4) is 28.7 Å². The van der Waals surface area contributed by atoms with Gasteiger partial charge in [0.15, 0.2) is 11.5 Å². The highest BCUT2D eigenvalue weighted by molar-refractivity contribution is 7.83. The van der Waals surface area contributed by atoms with Crippen LogP contribution >= 0.6 is 0 Å². The van der Waals surface area contributed by atoms with Crippen molar-refractivity contribution in [3.05, 3.63) is 53.2 Å². The minimum absolute atomic E-state index is 0.332. The van der Waals surface area contributed by atoms with Crippen LogP contribution in [0, 0.1) is 0 Å². The van der Waals surface area contributed by atoms with E-state index < -0.39 is 10.8 Å². The summed E-state index contributed by atoms with van der Waals surface area (Å²) in [5.41, 5.74) is 2.58. The van der Waals surface area contributed by atoms with Crippen LogP contribution < -0.4 is 24.3 Å². The first kappa shape index (κ1) is 24.6. The van der Waals surface area contributed by atoms with E-state index in [1.54, 1.807) is 23.9 Å². The third kappa shape index (κ3) is 5.12. The first-order valence-electron chi connectivity index (χ1n) is 11.5. The third-order valence-electron chi connectivity index (χ3n) is 5.39. The number of anilines is 1. The minimum Gasteiger partial charge on any atom is -0.497 e. The van der Waals surface area contributed by atoms with Gasteiger partial charge in [-0.05, 0) is 57.2 Å². The summed E-state index contributed by atoms with van der Waals surface area (Å²) in [6.07, 6.45) is 0. The molecular formula is C25H29N3O6S. The molecule has 2 heterocycles. The van der Waals surface area contributed by atoms with E-state index in [4.69, 9.17) is 18.9 Å². The zero-order valence-corrected chi connectivity index (χ0v) is 21.1. The summed E-state index contributed by atoms with van der Waals surface area (Å²) in [5.74, 6) is 2.84. The molecule has 1 N–H and O–H groups in total. The Morgan fingerprint density at radius 3 is 2.20 bits per heavy atom. The fourth-order valence-corrected chi connectivity index (χ4v) is 5.13. The smallest absolute Gasteiger partial charge is 0.257 e. The molecule has 1 aliphatic rings. The number of hydrogen-bond acceptors (Lipinski definition) is 7. The fraction of sp³-hybridized carbons (Fsp3) is 0.360. The first-order chi connectivity index (χ1) is 17.0. The maximum atomic E-state index is 13.5. The van der Waals surface area contributed by atoms with Crippen molar-refractivity contribution in [1.82, 2.24) is 9.78 Å². The van der Waals surface area contributed by atoms with E-state index >= 15 is 0 Å². The monoisotopic (exact) mass is 499 g/mol. The number of fused-ring (bicyclic) bond motifs is 1. The van der Waals surface area contributed by atoms with Gasteiger partial charge in [0.25, 0.3) is 5.91 Å². The Morgan fingerprint density at radius 1 is 1.00 bits per heavy atom. The molecule has 3 aromatic rings. The highest BCUT2D eigenvalue weighted by Crippen LogP contribution is 2.40. The molecule has 1 atom stereocenters. The van der Waals surface area contributed by atoms with Crippen LogP contribution in [0.4, 0.5) is 5.82 Å². The predicted octanol–water partition coefficient (Wildman–Crippen LogP) is 4.09. The average Bonchev–Trinajstić information content (AvgIpc) is 3.37. The Bertz CT molecular complexity index is 1210. The molecule has 1 amide bonds. The van der Waals surface area contributed by atoms with Gasteiger partial charge in [-0.15, -0.1) is 0 Å². The zero-order valence-electron chi connectivity index (χ0n) is 20.3. The molecule has 0 aliphatic carbocycles. The van der Waals surface area contributed by atoms with Gasteiger partial charge in [0, 0.05) is 21.9 Å². The third-order valence-corrected chi connectivity index (χ3v) is 6.60. The number of nitrogens with one attached hydrogen (secondary N) is 1. The summed E-state index contributed by atoms with van der Waals surface area (Å²) < 4.78 is 36.4. The quantitative estimate of drug-likeness (QED) is 0.448. The van der Waals surface area contributed by atoms with Crippen molar-refractivity contribution in [3.63, 3.8) is 0 Å². The number of carbonyl (C=O) groups is 1. The summed E-state index contributed by atoms with van der Waals surface area (Å²) in [4.78, 5) is 13.5. The van der Waals surface area contributed by atoms with Gasteiger partial charge in [0.05, 0.1) is 49.8 Å². The van der Waals surface area contributed by atoms with Crippen LogP contribution in [0.2, 0.25) is 0 Å². The van der Waals surface area contributed by atoms with Crippen molar-refractivity contribution in [2.45, 2.75) is 32.3 Å². The lowest BCUT2D eigenvalue weighted by Crippen LogP contribution is -2.17. The van der Waals surface area contributed by atoms with Crippen LogP contribution in [-0.2, 0) is 22.3 Å². The maximum Gasteiger partial charge on any atom is 0.257 e. The molecule has 0 fully saturated rings. The molecule has 1 aliphatic heterocycles. The molecule has 0 radical (unpaired) electrons. The molecule has 0 saturated carbocycles. The molecule has 186 valence electrons. The van der Waals surface area contributed by atoms with E-state index in [0.29, 0.717) is 71.4 Å². The lowest BCUT2D eigenvalue weighted by Gasteiger charge is -2.17. The van der Waals surface area contributed by atoms with E-state index in [0.717, 1.165) is 11.3 Å². The number of amides is 1. The number of carbonyl (C=O) groups excluding carboxylic acids is 1. The second-order valence-corrected chi connectivity index (χ2v) is 9.12. The summed E-state index contributed by atoms with van der Waals surface area (Å²) in [7, 11) is 0.550. The Morgan fingerprint density at radius 2 is 1.63 bits per heavy atom. The first-order valence-corrected chi connectivity index (χ1v) is 13.0. The predicted molar refractivity (Wildman–Crippen MR) is 134 cm³/mol. The molecule has 4 rings (SSSR count). The number of nitrogens with zero attached hydrogens (tertiary/aromatic N) is 2. The number of methoxy groups -OCH3 is 1. The molecule has 0 bridgehead atoms. The standard InChI is InChI=1S/C25H29N3O6S/c1-5-32-21-12-16(13-22(33-6-2)23(21)34-7-3)25(29)26-24-19-14-35(30)15-20(19)27-28(24)17-8-10-18(31-4)11-9-17/h8-13H,5-7,14-15H2,1-4H3,(H,26,29)/t35-/m0/s1. The highest BCUT2D eigenvalue weighted by atomic mass is 32.2. The van der Waals surface area contributed by atoms with Crippen LogP contribution in [0.15, 0.2) is 36.4 Å². The largest absolute Gasteiger partial charge is 0.497 e. The molecule has 2 aromatic carbocycles. The van der Waals surface area contributed by atoms with E-state index in [-0.39, 0.29) is 5.91 Å². The summed E-state index contributed by atoms with van der Waals surface area (Å²) in [6.45, 7) is 6.83. The number of rotatable bonds is 10. The van der Waals surface area contributed by atoms with Gasteiger partial charge < -0.3 is 24.3 Å². The van der Waals surface area contributed by atoms with Gasteiger partial charge in [0.2, 0.25) is 5.75 Å². The van der Waals surface area contributed by atoms with Gasteiger partial charge >= 0.3 is 0 Å². The normalized spacial score (nSPS) is 14.3. The molecule has 1 aromatic heterocycles. The topological polar surface area (TPSA) is 101 Å². The Hall–Kier alpha value is -3.53. The Labute approximate surface area is 206 Å². The van der Waals surface area contributed by atoms with Crippen LogP contribution in [0.25, 0.3) is 5.69 Å². The average molecular weight is 500 g/mol.